The van der Waals surface area contributed by atoms with Crippen LogP contribution in [0.5, 0.6) is 0 Å². The van der Waals surface area contributed by atoms with Gasteiger partial charge in [0.05, 0.1) is 0 Å². The third-order valence-electron chi connectivity index (χ3n) is 4.39. The third kappa shape index (κ3) is 1.13. The molecule has 0 bridgehead atoms. The second kappa shape index (κ2) is 3.15. The Morgan fingerprint density at radius 2 is 2.00 bits per heavy atom. The van der Waals surface area contributed by atoms with Gasteiger partial charge in [0.1, 0.15) is 5.78 Å². The van der Waals surface area contributed by atoms with Crippen LogP contribution >= 0.6 is 0 Å². The van der Waals surface area contributed by atoms with Crippen LogP contribution in [0, 0.1) is 11.3 Å². The molecule has 0 radical (unpaired) electrons. The maximum atomic E-state index is 11.6. The normalized spacial score (nSPS) is 40.2. The van der Waals surface area contributed by atoms with Gasteiger partial charge in [-0.1, -0.05) is 26.3 Å². The summed E-state index contributed by atoms with van der Waals surface area (Å²) in [6, 6.07) is 0.486. The van der Waals surface area contributed by atoms with E-state index in [0.717, 1.165) is 6.42 Å². The van der Waals surface area contributed by atoms with Crippen molar-refractivity contribution in [3.05, 3.63) is 5.92 Å². The van der Waals surface area contributed by atoms with Crippen LogP contribution in [0.2, 0.25) is 0 Å². The number of likely N-dealkylation sites (N-methyl/N-ethyl adjacent to an activating group) is 1. The number of nitrogens with zero attached hydrogens (tertiary/aromatic N) is 1. The van der Waals surface area contributed by atoms with E-state index in [1.807, 2.05) is 0 Å². The Morgan fingerprint density at radius 1 is 1.50 bits per heavy atom. The number of fused-ring (bicyclic) bond motifs is 1. The number of rotatable bonds is 1. The average molecular weight is 364 g/mol. The van der Waals surface area contributed by atoms with Gasteiger partial charge in [-0.3, -0.25) is 5.92 Å². The van der Waals surface area contributed by atoms with E-state index in [0.29, 0.717) is 11.8 Å². The number of carbonyl (C=O) groups is 1. The zero-order chi connectivity index (χ0) is 10.0. The molecule has 0 N–H and O–H groups in total. The van der Waals surface area contributed by atoms with E-state index in [-0.39, 0.29) is 32.0 Å². The molecule has 80 valence electrons. The molecule has 1 aliphatic heterocycles. The average Bonchev–Trinajstić information content (AvgIpc) is 2.73. The first kappa shape index (κ1) is 12.4. The molecular formula is C11H18NOW-. The summed E-state index contributed by atoms with van der Waals surface area (Å²) >= 11 is 0. The SMILES string of the molecule is CC(=O)C12C[C-]1C(C)(C)C(C)N2C.[W]. The maximum Gasteiger partial charge on any atom is 0.117 e. The van der Waals surface area contributed by atoms with Crippen molar-refractivity contribution in [2.24, 2.45) is 5.41 Å². The largest absolute Gasteiger partial charge is 0.324 e. The summed E-state index contributed by atoms with van der Waals surface area (Å²) in [5.41, 5.74) is 0.0589. The molecule has 0 aromatic carbocycles. The summed E-state index contributed by atoms with van der Waals surface area (Å²) < 4.78 is 0. The van der Waals surface area contributed by atoms with Gasteiger partial charge in [0.2, 0.25) is 0 Å². The van der Waals surface area contributed by atoms with E-state index in [4.69, 9.17) is 0 Å². The molecule has 1 aliphatic carbocycles. The van der Waals surface area contributed by atoms with Crippen LogP contribution in [0.1, 0.15) is 34.1 Å². The number of piperidine rings is 1. The Kier molecular flexibility index (Phi) is 2.79. The van der Waals surface area contributed by atoms with E-state index < -0.39 is 0 Å². The minimum absolute atomic E-state index is 0. The van der Waals surface area contributed by atoms with Crippen molar-refractivity contribution in [3.63, 3.8) is 0 Å². The Bertz CT molecular complexity index is 272. The summed E-state index contributed by atoms with van der Waals surface area (Å²) in [4.78, 5) is 13.8. The predicted molar refractivity (Wildman–Crippen MR) is 52.3 cm³/mol. The Labute approximate surface area is 101 Å². The summed E-state index contributed by atoms with van der Waals surface area (Å²) in [6.07, 6.45) is 0.996. The molecule has 1 saturated heterocycles. The minimum Gasteiger partial charge on any atom is -0.324 e. The first-order valence-corrected chi connectivity index (χ1v) is 4.96. The fraction of sp³-hybridized carbons (Fsp3) is 0.818. The standard InChI is InChI=1S/C11H18NO.W/c1-7-10(3,4)9-6-11(9,8(2)13)12(7)5;/h7H,6H2,1-5H3;/q-1;. The maximum absolute atomic E-state index is 11.6. The molecule has 2 fully saturated rings. The fourth-order valence-corrected chi connectivity index (χ4v) is 2.96. The van der Waals surface area contributed by atoms with E-state index in [1.54, 1.807) is 6.92 Å². The molecule has 2 unspecified atom stereocenters. The molecule has 14 heavy (non-hydrogen) atoms. The molecule has 2 atom stereocenters. The fourth-order valence-electron chi connectivity index (χ4n) is 2.96. The van der Waals surface area contributed by atoms with Crippen molar-refractivity contribution in [2.75, 3.05) is 7.05 Å². The summed E-state index contributed by atoms with van der Waals surface area (Å²) in [5, 5.41) is 0. The van der Waals surface area contributed by atoms with Gasteiger partial charge in [0.15, 0.2) is 0 Å². The second-order valence-corrected chi connectivity index (χ2v) is 5.08. The van der Waals surface area contributed by atoms with Crippen molar-refractivity contribution < 1.29 is 25.9 Å². The van der Waals surface area contributed by atoms with Gasteiger partial charge in [-0.15, -0.1) is 5.41 Å². The molecule has 2 nitrogen and oxygen atoms in total. The number of Topliss-reactive ketones (excluding diaryl/α,β-unsaturated/α-hetero) is 1. The number of carbonyl (C=O) groups excluding carboxylic acids is 1. The molecule has 0 spiro atoms. The van der Waals surface area contributed by atoms with E-state index in [1.165, 1.54) is 5.92 Å². The summed E-state index contributed by atoms with van der Waals surface area (Å²) in [7, 11) is 2.08. The van der Waals surface area contributed by atoms with Crippen molar-refractivity contribution in [3.8, 4) is 0 Å². The van der Waals surface area contributed by atoms with Crippen molar-refractivity contribution in [1.29, 1.82) is 0 Å². The van der Waals surface area contributed by atoms with Gasteiger partial charge in [-0.25, -0.2) is 0 Å². The van der Waals surface area contributed by atoms with Crippen LogP contribution in [-0.4, -0.2) is 29.3 Å². The molecule has 2 aliphatic rings. The van der Waals surface area contributed by atoms with Gasteiger partial charge in [-0.2, -0.15) is 6.42 Å². The second-order valence-electron chi connectivity index (χ2n) is 5.08. The van der Waals surface area contributed by atoms with Gasteiger partial charge in [0, 0.05) is 21.1 Å². The minimum atomic E-state index is -0.164. The van der Waals surface area contributed by atoms with Gasteiger partial charge in [-0.05, 0) is 20.0 Å². The number of hydrogen-bond acceptors (Lipinski definition) is 2. The van der Waals surface area contributed by atoms with Crippen molar-refractivity contribution in [2.45, 2.75) is 45.7 Å². The van der Waals surface area contributed by atoms with E-state index in [2.05, 4.69) is 32.7 Å². The molecule has 2 rings (SSSR count). The third-order valence-corrected chi connectivity index (χ3v) is 4.39. The smallest absolute Gasteiger partial charge is 0.117 e. The quantitative estimate of drug-likeness (QED) is 0.660. The summed E-state index contributed by atoms with van der Waals surface area (Å²) in [6.45, 7) is 8.43. The van der Waals surface area contributed by atoms with Crippen LogP contribution in [0.25, 0.3) is 0 Å². The van der Waals surface area contributed by atoms with Gasteiger partial charge in [0.25, 0.3) is 0 Å². The monoisotopic (exact) mass is 364 g/mol. The first-order chi connectivity index (χ1) is 5.85. The molecule has 3 heteroatoms. The molecule has 1 saturated carbocycles. The number of ketones is 1. The van der Waals surface area contributed by atoms with Crippen LogP contribution in [0.15, 0.2) is 0 Å². The van der Waals surface area contributed by atoms with Crippen molar-refractivity contribution in [1.82, 2.24) is 4.90 Å². The first-order valence-electron chi connectivity index (χ1n) is 4.96. The predicted octanol–water partition coefficient (Wildman–Crippen LogP) is 1.65. The zero-order valence-electron chi connectivity index (χ0n) is 9.55. The van der Waals surface area contributed by atoms with Gasteiger partial charge >= 0.3 is 0 Å². The topological polar surface area (TPSA) is 20.3 Å². The van der Waals surface area contributed by atoms with Crippen molar-refractivity contribution >= 4 is 5.78 Å². The molecular weight excluding hydrogens is 346 g/mol. The van der Waals surface area contributed by atoms with Crippen LogP contribution in [-0.2, 0) is 25.9 Å². The molecule has 0 aromatic heterocycles. The van der Waals surface area contributed by atoms with Crippen LogP contribution in [0.3, 0.4) is 0 Å². The Balaban J connectivity index is 0.000000980. The zero-order valence-corrected chi connectivity index (χ0v) is 12.5. The van der Waals surface area contributed by atoms with Crippen LogP contribution in [0.4, 0.5) is 0 Å². The number of likely N-dealkylation sites (tertiary alicyclic amines) is 1. The Hall–Kier alpha value is 0.318. The Morgan fingerprint density at radius 3 is 2.21 bits per heavy atom. The van der Waals surface area contributed by atoms with E-state index >= 15 is 0 Å². The van der Waals surface area contributed by atoms with E-state index in [9.17, 15) is 4.79 Å². The number of hydrogen-bond donors (Lipinski definition) is 0. The molecule has 0 aromatic rings. The molecule has 0 amide bonds. The summed E-state index contributed by atoms with van der Waals surface area (Å²) in [5.74, 6) is 1.77. The molecule has 1 heterocycles. The van der Waals surface area contributed by atoms with Gasteiger partial charge < -0.3 is 9.69 Å². The van der Waals surface area contributed by atoms with Crippen LogP contribution < -0.4 is 0 Å².